The number of aliphatic hydroxyl groups is 4. The minimum absolute atomic E-state index is 0.251. The van der Waals surface area contributed by atoms with Crippen LogP contribution >= 0.6 is 0 Å². The highest BCUT2D eigenvalue weighted by Gasteiger charge is 2.71. The summed E-state index contributed by atoms with van der Waals surface area (Å²) in [7, 11) is 0. The monoisotopic (exact) mass is 330 g/mol. The highest BCUT2D eigenvalue weighted by atomic mass is 16.4. The van der Waals surface area contributed by atoms with Crippen molar-refractivity contribution in [3.8, 4) is 0 Å². The van der Waals surface area contributed by atoms with E-state index in [1.54, 1.807) is 0 Å². The Labute approximate surface area is 136 Å². The average molecular weight is 330 g/mol. The number of hydrogen-bond donors (Lipinski definition) is 6. The van der Waals surface area contributed by atoms with Crippen LogP contribution in [0.4, 0.5) is 0 Å². The van der Waals surface area contributed by atoms with Crippen LogP contribution in [0.15, 0.2) is 0 Å². The first kappa shape index (κ1) is 17.3. The number of piperidine rings is 2. The van der Waals surface area contributed by atoms with E-state index in [1.165, 1.54) is 0 Å². The molecule has 132 valence electrons. The van der Waals surface area contributed by atoms with E-state index in [4.69, 9.17) is 5.11 Å². The average Bonchev–Trinajstić information content (AvgIpc) is 2.56. The lowest BCUT2D eigenvalue weighted by atomic mass is 9.58. The first-order valence-corrected chi connectivity index (χ1v) is 8.73. The highest BCUT2D eigenvalue weighted by Crippen LogP contribution is 2.39. The minimum Gasteiger partial charge on any atom is -0.394 e. The topological polar surface area (TPSA) is 107 Å². The van der Waals surface area contributed by atoms with E-state index in [1.807, 2.05) is 0 Å². The fraction of sp³-hybridized carbons (Fsp3) is 0.938. The second-order valence-corrected chi connectivity index (χ2v) is 7.83. The van der Waals surface area contributed by atoms with Crippen molar-refractivity contribution >= 4 is 5.78 Å². The molecular weight excluding hydrogens is 300 g/mol. The van der Waals surface area contributed by atoms with Gasteiger partial charge in [-0.05, 0) is 12.8 Å². The van der Waals surface area contributed by atoms with Crippen molar-refractivity contribution in [3.63, 3.8) is 0 Å². The maximum Gasteiger partial charge on any atom is 0.242 e. The van der Waals surface area contributed by atoms with E-state index >= 15 is 0 Å². The van der Waals surface area contributed by atoms with Gasteiger partial charge >= 0.3 is 0 Å². The fourth-order valence-electron chi connectivity index (χ4n) is 5.44. The maximum atomic E-state index is 13.0. The van der Waals surface area contributed by atoms with Crippen LogP contribution in [0, 0.1) is 10.8 Å². The summed E-state index contributed by atoms with van der Waals surface area (Å²) in [6, 6.07) is 0. The van der Waals surface area contributed by atoms with Gasteiger partial charge in [-0.3, -0.25) is 14.6 Å². The summed E-state index contributed by atoms with van der Waals surface area (Å²) < 4.78 is 0. The molecule has 0 saturated carbocycles. The summed E-state index contributed by atoms with van der Waals surface area (Å²) in [5.74, 6) is 0.395. The third-order valence-corrected chi connectivity index (χ3v) is 6.73. The van der Waals surface area contributed by atoms with Gasteiger partial charge in [-0.25, -0.2) is 0 Å². The molecule has 4 saturated heterocycles. The molecule has 0 unspecified atom stereocenters. The molecule has 4 fully saturated rings. The Morgan fingerprint density at radius 1 is 1.04 bits per heavy atom. The normalized spacial score (nSPS) is 46.0. The van der Waals surface area contributed by atoms with Crippen molar-refractivity contribution in [1.29, 1.82) is 0 Å². The number of carbonyl (C=O) groups excluding carboxylic acids is 1. The Hall–Kier alpha value is -0.570. The zero-order valence-corrected chi connectivity index (χ0v) is 14.0. The van der Waals surface area contributed by atoms with Gasteiger partial charge in [0.05, 0.1) is 6.61 Å². The first-order chi connectivity index (χ1) is 10.8. The molecule has 6 N–H and O–H groups in total. The van der Waals surface area contributed by atoms with E-state index in [0.29, 0.717) is 32.0 Å². The van der Waals surface area contributed by atoms with E-state index < -0.39 is 24.9 Å². The minimum atomic E-state index is -1.37. The first-order valence-electron chi connectivity index (χ1n) is 8.73. The molecule has 4 aliphatic heterocycles. The Morgan fingerprint density at radius 3 is 1.83 bits per heavy atom. The molecule has 4 aliphatic rings. The number of rotatable bonds is 6. The number of hydrogen-bond acceptors (Lipinski definition) is 5. The zero-order chi connectivity index (χ0) is 17.0. The predicted octanol–water partition coefficient (Wildman–Crippen LogP) is -4.44. The van der Waals surface area contributed by atoms with Gasteiger partial charge < -0.3 is 20.4 Å². The molecule has 4 bridgehead atoms. The van der Waals surface area contributed by atoms with Crippen LogP contribution < -0.4 is 9.80 Å². The second kappa shape index (κ2) is 5.75. The Bertz CT molecular complexity index is 443. The van der Waals surface area contributed by atoms with Gasteiger partial charge in [-0.1, -0.05) is 13.8 Å². The molecule has 0 amide bonds. The summed E-state index contributed by atoms with van der Waals surface area (Å²) in [4.78, 5) is 15.3. The van der Waals surface area contributed by atoms with Crippen LogP contribution in [0.5, 0.6) is 0 Å². The summed E-state index contributed by atoms with van der Waals surface area (Å²) in [5.41, 5.74) is -0.623. The Balaban J connectivity index is 1.88. The van der Waals surface area contributed by atoms with Crippen molar-refractivity contribution in [2.45, 2.75) is 51.2 Å². The van der Waals surface area contributed by atoms with Crippen LogP contribution in [0.25, 0.3) is 0 Å². The molecule has 0 aromatic heterocycles. The van der Waals surface area contributed by atoms with E-state index in [9.17, 15) is 20.1 Å². The number of Topliss-reactive ketones (excluding diaryl/α,β-unsaturated/α-hetero) is 1. The number of quaternary nitrogens is 2. The number of carbonyl (C=O) groups is 1. The molecule has 0 spiro atoms. The van der Waals surface area contributed by atoms with Crippen LogP contribution in [0.3, 0.4) is 0 Å². The summed E-state index contributed by atoms with van der Waals surface area (Å²) in [6.45, 7) is 6.31. The van der Waals surface area contributed by atoms with Gasteiger partial charge in [-0.2, -0.15) is 0 Å². The fourth-order valence-corrected chi connectivity index (χ4v) is 5.44. The molecular formula is C16H30N2O5+2. The summed E-state index contributed by atoms with van der Waals surface area (Å²) in [5, 5.41) is 39.4. The van der Waals surface area contributed by atoms with Crippen molar-refractivity contribution < 1.29 is 35.0 Å². The van der Waals surface area contributed by atoms with Crippen LogP contribution in [0.1, 0.15) is 26.7 Å². The lowest BCUT2D eigenvalue weighted by molar-refractivity contribution is -1.17. The molecule has 0 aromatic carbocycles. The van der Waals surface area contributed by atoms with Gasteiger partial charge in [0.1, 0.15) is 49.2 Å². The molecule has 0 aromatic rings. The molecule has 7 heteroatoms. The van der Waals surface area contributed by atoms with Crippen molar-refractivity contribution in [1.82, 2.24) is 0 Å². The van der Waals surface area contributed by atoms with Crippen molar-refractivity contribution in [3.05, 3.63) is 0 Å². The van der Waals surface area contributed by atoms with Gasteiger partial charge in [0.2, 0.25) is 6.17 Å². The van der Waals surface area contributed by atoms with E-state index in [-0.39, 0.29) is 17.0 Å². The van der Waals surface area contributed by atoms with E-state index in [2.05, 4.69) is 13.8 Å². The van der Waals surface area contributed by atoms with Crippen LogP contribution in [-0.2, 0) is 4.79 Å². The lowest BCUT2D eigenvalue weighted by Gasteiger charge is -2.61. The summed E-state index contributed by atoms with van der Waals surface area (Å²) in [6.07, 6.45) is -2.45. The quantitative estimate of drug-likeness (QED) is 0.295. The smallest absolute Gasteiger partial charge is 0.242 e. The van der Waals surface area contributed by atoms with Crippen LogP contribution in [0.2, 0.25) is 0 Å². The highest BCUT2D eigenvalue weighted by molar-refractivity contribution is 5.92. The molecule has 7 nitrogen and oxygen atoms in total. The Morgan fingerprint density at radius 2 is 1.48 bits per heavy atom. The van der Waals surface area contributed by atoms with Gasteiger partial charge in [0, 0.05) is 0 Å². The third-order valence-electron chi connectivity index (χ3n) is 6.73. The lowest BCUT2D eigenvalue weighted by Crippen LogP contribution is -3.46. The second-order valence-electron chi connectivity index (χ2n) is 7.83. The van der Waals surface area contributed by atoms with Gasteiger partial charge in [0.15, 0.2) is 11.9 Å². The summed E-state index contributed by atoms with van der Waals surface area (Å²) >= 11 is 0. The molecule has 23 heavy (non-hydrogen) atoms. The largest absolute Gasteiger partial charge is 0.394 e. The molecule has 0 aliphatic carbocycles. The van der Waals surface area contributed by atoms with Gasteiger partial charge in [-0.15, -0.1) is 0 Å². The standard InChI is InChI=1S/C16H28N2O5/c1-3-15-6-17-8-16(4-2,14(15)23)9-18(7-15)13(17)12(22)11(21)10(20)5-19/h10-13,19-22H,3-9H2,1-2H3/p+2/t10-,11+,12-,13?,15?,16?/m1/s1. The molecule has 3 atom stereocenters. The maximum absolute atomic E-state index is 13.0. The predicted molar refractivity (Wildman–Crippen MR) is 80.7 cm³/mol. The zero-order valence-electron chi connectivity index (χ0n) is 14.0. The van der Waals surface area contributed by atoms with Gasteiger partial charge in [0.25, 0.3) is 0 Å². The number of aliphatic hydroxyl groups excluding tert-OH is 4. The number of ketones is 1. The molecule has 4 heterocycles. The molecule has 4 rings (SSSR count). The van der Waals surface area contributed by atoms with Crippen molar-refractivity contribution in [2.24, 2.45) is 10.8 Å². The Kier molecular flexibility index (Phi) is 4.32. The van der Waals surface area contributed by atoms with Crippen molar-refractivity contribution in [2.75, 3.05) is 32.8 Å². The SMILES string of the molecule is CCC12C[NH+]3CC(CC)(C[NH+](C1)C3[C@H](O)[C@@H](O)[C@H](O)CO)C2=O. The van der Waals surface area contributed by atoms with E-state index in [0.717, 1.165) is 22.6 Å². The number of nitrogens with one attached hydrogen (secondary N) is 2. The molecule has 0 radical (unpaired) electrons. The third kappa shape index (κ3) is 2.29. The van der Waals surface area contributed by atoms with Crippen LogP contribution in [-0.4, -0.2) is 83.5 Å².